The number of carbonyl (C=O) groups excluding carboxylic acids is 4. The van der Waals surface area contributed by atoms with Gasteiger partial charge in [0.2, 0.25) is 11.7 Å². The number of hydrogen-bond donors (Lipinski definition) is 1. The molecule has 1 amide bonds. The first-order chi connectivity index (χ1) is 16.3. The fourth-order valence-corrected chi connectivity index (χ4v) is 3.95. The van der Waals surface area contributed by atoms with Crippen molar-refractivity contribution < 1.29 is 23.9 Å². The van der Waals surface area contributed by atoms with E-state index in [2.05, 4.69) is 5.32 Å². The number of nitrogens with one attached hydrogen (secondary N) is 1. The molecule has 0 spiro atoms. The van der Waals surface area contributed by atoms with E-state index in [0.717, 1.165) is 11.1 Å². The summed E-state index contributed by atoms with van der Waals surface area (Å²) in [6.45, 7) is 3.92. The van der Waals surface area contributed by atoms with Crippen molar-refractivity contribution in [3.8, 4) is 0 Å². The highest BCUT2D eigenvalue weighted by Gasteiger charge is 2.26. The van der Waals surface area contributed by atoms with E-state index in [-0.39, 0.29) is 43.3 Å². The molecule has 0 radical (unpaired) electrons. The van der Waals surface area contributed by atoms with E-state index in [1.54, 1.807) is 36.4 Å². The number of carbonyl (C=O) groups is 4. The molecule has 1 N–H and O–H groups in total. The molecule has 0 unspecified atom stereocenters. The Morgan fingerprint density at radius 1 is 0.853 bits per heavy atom. The molecule has 2 aromatic carbocycles. The first-order valence-electron chi connectivity index (χ1n) is 11.0. The van der Waals surface area contributed by atoms with Crippen LogP contribution < -0.4 is 5.32 Å². The van der Waals surface area contributed by atoms with Gasteiger partial charge in [-0.1, -0.05) is 65.7 Å². The van der Waals surface area contributed by atoms with Gasteiger partial charge < -0.3 is 10.1 Å². The summed E-state index contributed by atoms with van der Waals surface area (Å²) < 4.78 is 5.56. The number of hydrogen-bond acceptors (Lipinski definition) is 6. The number of Topliss-reactive ketones (excluding diaryl/α,β-unsaturated/α-hetero) is 2. The second kappa shape index (κ2) is 12.0. The van der Waals surface area contributed by atoms with Gasteiger partial charge in [0.15, 0.2) is 11.9 Å². The standard InChI is InChI=1S/C27H27NO5S/c1-18-5-9-20(10-6-18)26(32)27(21-11-7-19(2)8-12-21)33-25(31)15-16-28-24(30)14-13-22(29)23-4-3-17-34-23/h3-12,17,27H,13-16H2,1-2H3,(H,28,30)/t27-/m1/s1. The van der Waals surface area contributed by atoms with Crippen LogP contribution in [0.25, 0.3) is 0 Å². The van der Waals surface area contributed by atoms with Crippen molar-refractivity contribution >= 4 is 34.8 Å². The number of rotatable bonds is 11. The average molecular weight is 478 g/mol. The molecule has 7 heteroatoms. The van der Waals surface area contributed by atoms with E-state index < -0.39 is 12.1 Å². The molecule has 0 saturated carbocycles. The van der Waals surface area contributed by atoms with Crippen LogP contribution in [-0.2, 0) is 14.3 Å². The van der Waals surface area contributed by atoms with E-state index >= 15 is 0 Å². The van der Waals surface area contributed by atoms with Crippen molar-refractivity contribution in [3.05, 3.63) is 93.2 Å². The number of thiophene rings is 1. The van der Waals surface area contributed by atoms with E-state index in [1.165, 1.54) is 11.3 Å². The van der Waals surface area contributed by atoms with Crippen LogP contribution in [0.4, 0.5) is 0 Å². The molecule has 0 saturated heterocycles. The molecule has 176 valence electrons. The van der Waals surface area contributed by atoms with Gasteiger partial charge in [-0.2, -0.15) is 0 Å². The Morgan fingerprint density at radius 3 is 2.12 bits per heavy atom. The normalized spacial score (nSPS) is 11.5. The summed E-state index contributed by atoms with van der Waals surface area (Å²) in [4.78, 5) is 50.3. The topological polar surface area (TPSA) is 89.5 Å². The third-order valence-corrected chi connectivity index (χ3v) is 6.14. The lowest BCUT2D eigenvalue weighted by Crippen LogP contribution is -2.28. The summed E-state index contributed by atoms with van der Waals surface area (Å²) in [6.07, 6.45) is -1.01. The number of ether oxygens (including phenoxy) is 1. The highest BCUT2D eigenvalue weighted by atomic mass is 32.1. The Hall–Kier alpha value is -3.58. The molecule has 1 atom stereocenters. The second-order valence-corrected chi connectivity index (χ2v) is 8.96. The Kier molecular flexibility index (Phi) is 8.87. The van der Waals surface area contributed by atoms with E-state index in [4.69, 9.17) is 4.74 Å². The zero-order valence-corrected chi connectivity index (χ0v) is 20.0. The summed E-state index contributed by atoms with van der Waals surface area (Å²) in [6, 6.07) is 17.9. The monoisotopic (exact) mass is 477 g/mol. The van der Waals surface area contributed by atoms with E-state index in [9.17, 15) is 19.2 Å². The first-order valence-corrected chi connectivity index (χ1v) is 11.9. The molecule has 0 aliphatic heterocycles. The molecule has 1 aromatic heterocycles. The Labute approximate surface area is 203 Å². The van der Waals surface area contributed by atoms with Crippen LogP contribution in [0.1, 0.15) is 62.1 Å². The van der Waals surface area contributed by atoms with Crippen LogP contribution in [-0.4, -0.2) is 30.0 Å². The maximum Gasteiger partial charge on any atom is 0.308 e. The summed E-state index contributed by atoms with van der Waals surface area (Å²) in [5, 5.41) is 4.44. The van der Waals surface area contributed by atoms with Crippen LogP contribution >= 0.6 is 11.3 Å². The van der Waals surface area contributed by atoms with Crippen molar-refractivity contribution in [2.24, 2.45) is 0 Å². The van der Waals surface area contributed by atoms with Crippen LogP contribution in [0.15, 0.2) is 66.0 Å². The van der Waals surface area contributed by atoms with Gasteiger partial charge in [0.1, 0.15) is 0 Å². The number of benzene rings is 2. The summed E-state index contributed by atoms with van der Waals surface area (Å²) in [5.41, 5.74) is 3.08. The molecule has 0 aliphatic carbocycles. The molecule has 3 rings (SSSR count). The largest absolute Gasteiger partial charge is 0.449 e. The maximum absolute atomic E-state index is 13.1. The highest BCUT2D eigenvalue weighted by molar-refractivity contribution is 7.12. The Morgan fingerprint density at radius 2 is 1.50 bits per heavy atom. The van der Waals surface area contributed by atoms with E-state index in [0.29, 0.717) is 16.0 Å². The molecule has 1 heterocycles. The van der Waals surface area contributed by atoms with Crippen molar-refractivity contribution in [3.63, 3.8) is 0 Å². The Balaban J connectivity index is 1.54. The predicted molar refractivity (Wildman–Crippen MR) is 131 cm³/mol. The van der Waals surface area contributed by atoms with Crippen molar-refractivity contribution in [1.82, 2.24) is 5.32 Å². The van der Waals surface area contributed by atoms with Crippen LogP contribution in [0, 0.1) is 13.8 Å². The molecular weight excluding hydrogens is 450 g/mol. The number of esters is 1. The molecule has 0 fully saturated rings. The lowest BCUT2D eigenvalue weighted by atomic mass is 9.98. The smallest absolute Gasteiger partial charge is 0.308 e. The highest BCUT2D eigenvalue weighted by Crippen LogP contribution is 2.24. The van der Waals surface area contributed by atoms with Crippen molar-refractivity contribution in [2.75, 3.05) is 6.54 Å². The third kappa shape index (κ3) is 7.22. The molecule has 34 heavy (non-hydrogen) atoms. The van der Waals surface area contributed by atoms with Gasteiger partial charge in [-0.05, 0) is 25.3 Å². The summed E-state index contributed by atoms with van der Waals surface area (Å²) in [7, 11) is 0. The second-order valence-electron chi connectivity index (χ2n) is 8.01. The number of amides is 1. The molecule has 0 aliphatic rings. The van der Waals surface area contributed by atoms with Gasteiger partial charge >= 0.3 is 5.97 Å². The summed E-state index contributed by atoms with van der Waals surface area (Å²) >= 11 is 1.34. The molecule has 3 aromatic rings. The van der Waals surface area contributed by atoms with Gasteiger partial charge in [0, 0.05) is 30.5 Å². The zero-order chi connectivity index (χ0) is 24.5. The average Bonchev–Trinajstić information content (AvgIpc) is 3.37. The first kappa shape index (κ1) is 25.1. The van der Waals surface area contributed by atoms with Gasteiger partial charge in [0.25, 0.3) is 0 Å². The van der Waals surface area contributed by atoms with Gasteiger partial charge in [0.05, 0.1) is 11.3 Å². The van der Waals surface area contributed by atoms with Crippen molar-refractivity contribution in [2.45, 2.75) is 39.2 Å². The lowest BCUT2D eigenvalue weighted by molar-refractivity contribution is -0.147. The fourth-order valence-electron chi connectivity index (χ4n) is 3.25. The zero-order valence-electron chi connectivity index (χ0n) is 19.2. The minimum Gasteiger partial charge on any atom is -0.449 e. The van der Waals surface area contributed by atoms with Crippen LogP contribution in [0.3, 0.4) is 0 Å². The molecular formula is C27H27NO5S. The molecule has 0 bridgehead atoms. The quantitative estimate of drug-likeness (QED) is 0.310. The van der Waals surface area contributed by atoms with Crippen molar-refractivity contribution in [1.29, 1.82) is 0 Å². The minimum absolute atomic E-state index is 0.0453. The number of aryl methyl sites for hydroxylation is 2. The Bertz CT molecular complexity index is 1130. The van der Waals surface area contributed by atoms with Crippen LogP contribution in [0.5, 0.6) is 0 Å². The fraction of sp³-hybridized carbons (Fsp3) is 0.259. The van der Waals surface area contributed by atoms with Gasteiger partial charge in [-0.25, -0.2) is 0 Å². The number of ketones is 2. The van der Waals surface area contributed by atoms with Crippen LogP contribution in [0.2, 0.25) is 0 Å². The predicted octanol–water partition coefficient (Wildman–Crippen LogP) is 5.00. The lowest BCUT2D eigenvalue weighted by Gasteiger charge is -2.18. The maximum atomic E-state index is 13.1. The van der Waals surface area contributed by atoms with Gasteiger partial charge in [-0.15, -0.1) is 11.3 Å². The third-order valence-electron chi connectivity index (χ3n) is 5.23. The van der Waals surface area contributed by atoms with E-state index in [1.807, 2.05) is 43.5 Å². The molecule has 6 nitrogen and oxygen atoms in total. The van der Waals surface area contributed by atoms with Gasteiger partial charge in [-0.3, -0.25) is 19.2 Å². The summed E-state index contributed by atoms with van der Waals surface area (Å²) in [5.74, 6) is -1.31. The minimum atomic E-state index is -1.07. The SMILES string of the molecule is Cc1ccc(C(=O)[C@H](OC(=O)CCNC(=O)CCC(=O)c2cccs2)c2ccc(C)cc2)cc1.